The fourth-order valence-corrected chi connectivity index (χ4v) is 5.30. The number of rotatable bonds is 3. The van der Waals surface area contributed by atoms with Crippen LogP contribution in [0.1, 0.15) is 15.1 Å². The van der Waals surface area contributed by atoms with Crippen LogP contribution in [0.25, 0.3) is 76.9 Å². The van der Waals surface area contributed by atoms with Crippen LogP contribution in [0.4, 0.5) is 0 Å². The Hall–Kier alpha value is -5.14. The molecule has 0 fully saturated rings. The Morgan fingerprint density at radius 3 is 1.46 bits per heavy atom. The average Bonchev–Trinajstić information content (AvgIpc) is 3.54. The highest BCUT2D eigenvalue weighted by atomic mass is 16.3. The first-order valence-corrected chi connectivity index (χ1v) is 12.5. The molecule has 1 heterocycles. The van der Waals surface area contributed by atoms with Crippen LogP contribution in [0.2, 0.25) is 0 Å². The van der Waals surface area contributed by atoms with Gasteiger partial charge in [0, 0.05) is 10.8 Å². The monoisotopic (exact) mass is 507 g/mol. The van der Waals surface area contributed by atoms with Crippen molar-refractivity contribution >= 4 is 43.5 Å². The first-order valence-electron chi connectivity index (χ1n) is 18.0. The lowest BCUT2D eigenvalue weighted by Gasteiger charge is -2.17. The zero-order chi connectivity index (χ0) is 35.3. The molecule has 182 valence electrons. The summed E-state index contributed by atoms with van der Waals surface area (Å²) in [5, 5.41) is 2.11. The normalized spacial score (nSPS) is 15.5. The summed E-state index contributed by atoms with van der Waals surface area (Å²) < 4.78 is 103. The third-order valence-corrected chi connectivity index (χ3v) is 7.00. The van der Waals surface area contributed by atoms with Crippen LogP contribution in [0.5, 0.6) is 0 Å². The van der Waals surface area contributed by atoms with Crippen molar-refractivity contribution in [3.8, 4) is 33.4 Å². The Balaban J connectivity index is 1.52. The van der Waals surface area contributed by atoms with E-state index in [1.54, 1.807) is 78.9 Å². The molecule has 8 rings (SSSR count). The van der Waals surface area contributed by atoms with Gasteiger partial charge in [-0.05, 0) is 79.1 Å². The molecule has 39 heavy (non-hydrogen) atoms. The van der Waals surface area contributed by atoms with Gasteiger partial charge in [-0.25, -0.2) is 0 Å². The van der Waals surface area contributed by atoms with E-state index >= 15 is 0 Å². The van der Waals surface area contributed by atoms with Gasteiger partial charge < -0.3 is 4.42 Å². The van der Waals surface area contributed by atoms with Crippen molar-refractivity contribution in [3.63, 3.8) is 0 Å². The number of hydrogen-bond donors (Lipinski definition) is 0. The van der Waals surface area contributed by atoms with E-state index in [0.717, 1.165) is 0 Å². The van der Waals surface area contributed by atoms with Gasteiger partial charge in [-0.1, -0.05) is 121 Å². The molecule has 1 heteroatoms. The second kappa shape index (κ2) is 8.72. The highest BCUT2D eigenvalue weighted by molar-refractivity contribution is 6.22. The summed E-state index contributed by atoms with van der Waals surface area (Å²) >= 11 is 0. The molecule has 0 aliphatic carbocycles. The lowest BCUT2D eigenvalue weighted by atomic mass is 9.86. The smallest absolute Gasteiger partial charge is 0.136 e. The number of hydrogen-bond acceptors (Lipinski definition) is 1. The van der Waals surface area contributed by atoms with Crippen LogP contribution in [0.3, 0.4) is 0 Å². The molecule has 0 saturated carbocycles. The minimum atomic E-state index is -0.506. The van der Waals surface area contributed by atoms with Gasteiger partial charge in [0.1, 0.15) is 11.2 Å². The Morgan fingerprint density at radius 2 is 0.872 bits per heavy atom. The predicted molar refractivity (Wildman–Crippen MR) is 165 cm³/mol. The molecular weight excluding hydrogens is 472 g/mol. The molecule has 0 amide bonds. The highest BCUT2D eigenvalue weighted by Crippen LogP contribution is 2.44. The van der Waals surface area contributed by atoms with E-state index in [-0.39, 0.29) is 87.0 Å². The SMILES string of the molecule is [2H]c1c([2H])c([2H])c(-c2c3ccccc3c(-c3c([2H])c([2H])c4c(oc5c([2H])c(-c6ccccc6)c([2H])c([2H])c54)c3[2H])c3ccccc23)c([2H])c1[2H]. The Labute approximate surface area is 242 Å². The summed E-state index contributed by atoms with van der Waals surface area (Å²) in [6, 6.07) is 19.2. The number of fused-ring (bicyclic) bond motifs is 5. The molecular formula is C38H24O. The number of benzene rings is 7. The fraction of sp³-hybridized carbons (Fsp3) is 0. The lowest BCUT2D eigenvalue weighted by Crippen LogP contribution is -1.90. The molecule has 0 atom stereocenters. The average molecular weight is 508 g/mol. The molecule has 1 aromatic heterocycles. The highest BCUT2D eigenvalue weighted by Gasteiger charge is 2.17. The van der Waals surface area contributed by atoms with Gasteiger partial charge in [0.25, 0.3) is 0 Å². The van der Waals surface area contributed by atoms with E-state index in [1.165, 1.54) is 0 Å². The van der Waals surface area contributed by atoms with Crippen LogP contribution in [0, 0.1) is 0 Å². The molecule has 7 aromatic carbocycles. The Kier molecular flexibility index (Phi) is 3.04. The largest absolute Gasteiger partial charge is 0.456 e. The van der Waals surface area contributed by atoms with Crippen molar-refractivity contribution in [1.82, 2.24) is 0 Å². The Morgan fingerprint density at radius 1 is 0.385 bits per heavy atom. The van der Waals surface area contributed by atoms with Crippen molar-refractivity contribution < 1.29 is 19.5 Å². The summed E-state index contributed by atoms with van der Waals surface area (Å²) in [4.78, 5) is 0. The van der Waals surface area contributed by atoms with Crippen LogP contribution >= 0.6 is 0 Å². The van der Waals surface area contributed by atoms with Crippen molar-refractivity contribution in [2.24, 2.45) is 0 Å². The molecule has 1 nitrogen and oxygen atoms in total. The maximum Gasteiger partial charge on any atom is 0.136 e. The predicted octanol–water partition coefficient (Wildman–Crippen LogP) is 10.9. The molecule has 0 radical (unpaired) electrons. The first-order chi connectivity index (χ1) is 24.0. The molecule has 0 unspecified atom stereocenters. The summed E-state index contributed by atoms with van der Waals surface area (Å²) in [5.41, 5.74) is 1.50. The third kappa shape index (κ3) is 3.48. The van der Waals surface area contributed by atoms with Crippen molar-refractivity contribution in [3.05, 3.63) is 145 Å². The zero-order valence-corrected chi connectivity index (χ0v) is 20.4. The molecule has 8 aromatic rings. The third-order valence-electron chi connectivity index (χ3n) is 7.00. The van der Waals surface area contributed by atoms with Gasteiger partial charge in [0.15, 0.2) is 0 Å². The summed E-state index contributed by atoms with van der Waals surface area (Å²) in [6.07, 6.45) is 0. The maximum absolute atomic E-state index is 9.48. The minimum Gasteiger partial charge on any atom is -0.456 e. The van der Waals surface area contributed by atoms with E-state index in [4.69, 9.17) is 15.4 Å². The molecule has 0 aliphatic rings. The molecule has 0 spiro atoms. The van der Waals surface area contributed by atoms with Crippen molar-refractivity contribution in [2.45, 2.75) is 0 Å². The molecule has 0 N–H and O–H groups in total. The topological polar surface area (TPSA) is 13.1 Å². The van der Waals surface area contributed by atoms with Gasteiger partial charge in [-0.15, -0.1) is 0 Å². The maximum atomic E-state index is 9.48. The van der Waals surface area contributed by atoms with Crippen molar-refractivity contribution in [1.29, 1.82) is 0 Å². The molecule has 0 bridgehead atoms. The van der Waals surface area contributed by atoms with E-state index in [9.17, 15) is 4.11 Å². The van der Waals surface area contributed by atoms with Crippen LogP contribution in [-0.2, 0) is 0 Å². The zero-order valence-electron chi connectivity index (χ0n) is 31.4. The van der Waals surface area contributed by atoms with Gasteiger partial charge >= 0.3 is 0 Å². The van der Waals surface area contributed by atoms with E-state index < -0.39 is 18.1 Å². The standard InChI is InChI=1S/C38H24O/c1-3-11-25(12-4-1)27-19-21-29-30-22-20-28(24-36(30)39-35(29)23-27)38-33-17-9-7-15-31(33)37(26-13-5-2-6-14-26)32-16-8-10-18-34(32)38/h1-24H/i2D,5D,6D,13D,14D,19D,20D,21D,22D,23D,24D. The number of furan rings is 1. The Bertz CT molecular complexity index is 2680. The van der Waals surface area contributed by atoms with Gasteiger partial charge in [0.05, 0.1) is 15.1 Å². The fourth-order valence-electron chi connectivity index (χ4n) is 5.30. The van der Waals surface area contributed by atoms with Crippen LogP contribution in [0.15, 0.2) is 150 Å². The summed E-state index contributed by atoms with van der Waals surface area (Å²) in [6.45, 7) is 0. The van der Waals surface area contributed by atoms with Crippen molar-refractivity contribution in [2.75, 3.05) is 0 Å². The van der Waals surface area contributed by atoms with Gasteiger partial charge in [-0.2, -0.15) is 0 Å². The van der Waals surface area contributed by atoms with E-state index in [1.807, 2.05) is 0 Å². The quantitative estimate of drug-likeness (QED) is 0.217. The summed E-state index contributed by atoms with van der Waals surface area (Å²) in [5.74, 6) is 0. The molecule has 0 saturated heterocycles. The summed E-state index contributed by atoms with van der Waals surface area (Å²) in [7, 11) is 0. The van der Waals surface area contributed by atoms with E-state index in [2.05, 4.69) is 0 Å². The second-order valence-electron chi connectivity index (χ2n) is 9.22. The van der Waals surface area contributed by atoms with Gasteiger partial charge in [0.2, 0.25) is 0 Å². The van der Waals surface area contributed by atoms with Crippen LogP contribution < -0.4 is 0 Å². The van der Waals surface area contributed by atoms with E-state index in [0.29, 0.717) is 38.2 Å². The van der Waals surface area contributed by atoms with Gasteiger partial charge in [-0.3, -0.25) is 0 Å². The minimum absolute atomic E-state index is 0.00900. The van der Waals surface area contributed by atoms with Crippen LogP contribution in [-0.4, -0.2) is 0 Å². The lowest BCUT2D eigenvalue weighted by molar-refractivity contribution is 0.669. The molecule has 0 aliphatic heterocycles. The first kappa shape index (κ1) is 13.6. The second-order valence-corrected chi connectivity index (χ2v) is 9.22.